The topological polar surface area (TPSA) is 33.6 Å². The summed E-state index contributed by atoms with van der Waals surface area (Å²) >= 11 is 0. The Hall–Kier alpha value is 0.110. The van der Waals surface area contributed by atoms with Crippen molar-refractivity contribution in [2.75, 3.05) is 40.8 Å². The molecule has 1 N–H and O–H groups in total. The first kappa shape index (κ1) is 32.1. The van der Waals surface area contributed by atoms with Crippen molar-refractivity contribution in [3.05, 3.63) is 0 Å². The molecule has 0 aliphatic rings. The van der Waals surface area contributed by atoms with Crippen LogP contribution in [0.4, 0.5) is 0 Å². The third-order valence-corrected chi connectivity index (χ3v) is 10.4. The van der Waals surface area contributed by atoms with E-state index in [1.165, 1.54) is 116 Å². The van der Waals surface area contributed by atoms with Crippen LogP contribution in [-0.2, 0) is 0 Å². The van der Waals surface area contributed by atoms with E-state index in [0.29, 0.717) is 0 Å². The summed E-state index contributed by atoms with van der Waals surface area (Å²) in [5, 5.41) is 9.67. The van der Waals surface area contributed by atoms with Crippen LogP contribution in [0.3, 0.4) is 0 Å². The summed E-state index contributed by atoms with van der Waals surface area (Å²) < 4.78 is 7.25. The maximum atomic E-state index is 9.67. The van der Waals surface area contributed by atoms with Crippen LogP contribution in [0, 0.1) is 5.16 Å². The lowest BCUT2D eigenvalue weighted by Crippen LogP contribution is -2.37. The van der Waals surface area contributed by atoms with Gasteiger partial charge in [-0.15, -0.1) is 0 Å². The zero-order valence-corrected chi connectivity index (χ0v) is 24.0. The number of nitrogens with zero attached hydrogens (tertiary/aromatic N) is 3. The second-order valence-corrected chi connectivity index (χ2v) is 13.2. The van der Waals surface area contributed by atoms with E-state index in [0.717, 1.165) is 19.6 Å². The van der Waals surface area contributed by atoms with Gasteiger partial charge in [0.2, 0.25) is 0 Å². The fourth-order valence-corrected chi connectivity index (χ4v) is 7.39. The average Bonchev–Trinajstić information content (AvgIpc) is 2.79. The molecular weight excluding hydrogens is 411 g/mol. The number of nitrogens with one attached hydrogen (secondary N) is 1. The largest absolute Gasteiger partial charge is 0.277 e. The van der Waals surface area contributed by atoms with Crippen LogP contribution in [0.15, 0.2) is 0 Å². The summed E-state index contributed by atoms with van der Waals surface area (Å²) in [5.41, 5.74) is 0. The standard InChI is InChI=1S/C27H61N4P/c1-7-10-13-16-19-22-25-29(4)32(28,30(5)26-23-20-17-14-11-8-2)31(6)27-24-21-18-15-12-9-3/h28H,7-27H2,1-6H3. The van der Waals surface area contributed by atoms with E-state index in [-0.39, 0.29) is 0 Å². The molecule has 0 saturated carbocycles. The van der Waals surface area contributed by atoms with Gasteiger partial charge in [-0.1, -0.05) is 117 Å². The first-order valence-corrected chi connectivity index (χ1v) is 15.9. The molecule has 0 unspecified atom stereocenters. The SMILES string of the molecule is CCCCCCCCN(C)P(=N)(N(C)CCCCCCCC)N(C)CCCCCCCC. The van der Waals surface area contributed by atoms with Crippen molar-refractivity contribution in [2.24, 2.45) is 0 Å². The molecule has 0 atom stereocenters. The van der Waals surface area contributed by atoms with Crippen molar-refractivity contribution in [2.45, 2.75) is 136 Å². The molecule has 0 fully saturated rings. The van der Waals surface area contributed by atoms with Crippen molar-refractivity contribution < 1.29 is 0 Å². The van der Waals surface area contributed by atoms with Crippen LogP contribution in [0.2, 0.25) is 0 Å². The van der Waals surface area contributed by atoms with E-state index < -0.39 is 7.51 Å². The van der Waals surface area contributed by atoms with Gasteiger partial charge in [0, 0.05) is 19.6 Å². The minimum absolute atomic E-state index is 1.06. The summed E-state index contributed by atoms with van der Waals surface area (Å²) in [7, 11) is 4.50. The molecule has 5 heteroatoms. The Morgan fingerprint density at radius 2 is 0.625 bits per heavy atom. The summed E-state index contributed by atoms with van der Waals surface area (Å²) in [6.45, 7) is 10.0. The molecule has 0 rings (SSSR count). The minimum atomic E-state index is -2.18. The third-order valence-electron chi connectivity index (χ3n) is 6.93. The zero-order valence-electron chi connectivity index (χ0n) is 23.1. The molecule has 0 heterocycles. The maximum Gasteiger partial charge on any atom is 0.164 e. The monoisotopic (exact) mass is 472 g/mol. The third kappa shape index (κ3) is 14.4. The smallest absolute Gasteiger partial charge is 0.164 e. The lowest BCUT2D eigenvalue weighted by molar-refractivity contribution is 0.357. The van der Waals surface area contributed by atoms with Crippen molar-refractivity contribution >= 4 is 7.51 Å². The first-order chi connectivity index (χ1) is 15.4. The van der Waals surface area contributed by atoms with E-state index in [9.17, 15) is 5.16 Å². The number of hydrogen-bond donors (Lipinski definition) is 1. The van der Waals surface area contributed by atoms with Crippen LogP contribution in [-0.4, -0.2) is 54.8 Å². The van der Waals surface area contributed by atoms with Crippen molar-refractivity contribution in [1.29, 1.82) is 5.16 Å². The van der Waals surface area contributed by atoms with Gasteiger partial charge < -0.3 is 0 Å². The average molecular weight is 473 g/mol. The second-order valence-electron chi connectivity index (χ2n) is 10.0. The fraction of sp³-hybridized carbons (Fsp3) is 1.00. The summed E-state index contributed by atoms with van der Waals surface area (Å²) in [4.78, 5) is 0. The van der Waals surface area contributed by atoms with Crippen LogP contribution in [0.25, 0.3) is 0 Å². The highest BCUT2D eigenvalue weighted by Crippen LogP contribution is 2.55. The minimum Gasteiger partial charge on any atom is -0.277 e. The van der Waals surface area contributed by atoms with Gasteiger partial charge in [0.25, 0.3) is 0 Å². The van der Waals surface area contributed by atoms with Crippen molar-refractivity contribution in [3.8, 4) is 0 Å². The molecule has 0 bridgehead atoms. The second kappa shape index (κ2) is 21.6. The van der Waals surface area contributed by atoms with E-state index in [4.69, 9.17) is 0 Å². The van der Waals surface area contributed by atoms with Crippen LogP contribution < -0.4 is 0 Å². The fourth-order valence-electron chi connectivity index (χ4n) is 4.56. The Morgan fingerprint density at radius 3 is 0.875 bits per heavy atom. The van der Waals surface area contributed by atoms with Crippen molar-refractivity contribution in [1.82, 2.24) is 14.0 Å². The zero-order chi connectivity index (χ0) is 24.1. The Kier molecular flexibility index (Phi) is 21.7. The lowest BCUT2D eigenvalue weighted by Gasteiger charge is -2.44. The molecule has 0 amide bonds. The number of hydrogen-bond acceptors (Lipinski definition) is 1. The predicted octanol–water partition coefficient (Wildman–Crippen LogP) is 9.39. The van der Waals surface area contributed by atoms with E-state index in [1.54, 1.807) is 0 Å². The Balaban J connectivity index is 4.73. The van der Waals surface area contributed by atoms with Gasteiger partial charge in [-0.05, 0) is 40.4 Å². The number of rotatable bonds is 24. The van der Waals surface area contributed by atoms with Gasteiger partial charge >= 0.3 is 0 Å². The highest BCUT2D eigenvalue weighted by Gasteiger charge is 2.31. The van der Waals surface area contributed by atoms with Gasteiger partial charge in [0.15, 0.2) is 7.51 Å². The van der Waals surface area contributed by atoms with Gasteiger partial charge in [-0.2, -0.15) is 0 Å². The quantitative estimate of drug-likeness (QED) is 0.112. The summed E-state index contributed by atoms with van der Waals surface area (Å²) in [6, 6.07) is 0. The van der Waals surface area contributed by atoms with Crippen LogP contribution in [0.1, 0.15) is 136 Å². The molecule has 0 aliphatic carbocycles. The van der Waals surface area contributed by atoms with Crippen molar-refractivity contribution in [3.63, 3.8) is 0 Å². The Bertz CT molecular complexity index is 382. The molecule has 0 aromatic rings. The highest BCUT2D eigenvalue weighted by molar-refractivity contribution is 7.57. The molecule has 0 aromatic heterocycles. The summed E-state index contributed by atoms with van der Waals surface area (Å²) in [5.74, 6) is 0. The molecule has 0 aromatic carbocycles. The highest BCUT2D eigenvalue weighted by atomic mass is 31.2. The van der Waals surface area contributed by atoms with Gasteiger partial charge in [-0.3, -0.25) is 5.16 Å². The molecule has 0 spiro atoms. The Morgan fingerprint density at radius 1 is 0.406 bits per heavy atom. The van der Waals surface area contributed by atoms with E-state index >= 15 is 0 Å². The predicted molar refractivity (Wildman–Crippen MR) is 148 cm³/mol. The molecule has 0 radical (unpaired) electrons. The van der Waals surface area contributed by atoms with Gasteiger partial charge in [0.1, 0.15) is 0 Å². The summed E-state index contributed by atoms with van der Waals surface area (Å²) in [6.07, 6.45) is 23.9. The van der Waals surface area contributed by atoms with E-state index in [1.807, 2.05) is 0 Å². The maximum absolute atomic E-state index is 9.67. The Labute approximate surface area is 203 Å². The number of unbranched alkanes of at least 4 members (excludes halogenated alkanes) is 15. The molecule has 4 nitrogen and oxygen atoms in total. The van der Waals surface area contributed by atoms with Gasteiger partial charge in [-0.25, -0.2) is 14.0 Å². The van der Waals surface area contributed by atoms with E-state index in [2.05, 4.69) is 55.9 Å². The van der Waals surface area contributed by atoms with Gasteiger partial charge in [0.05, 0.1) is 0 Å². The molecule has 0 aliphatic heterocycles. The molecule has 194 valence electrons. The normalized spacial score (nSPS) is 12.5. The van der Waals surface area contributed by atoms with Crippen LogP contribution >= 0.6 is 7.51 Å². The van der Waals surface area contributed by atoms with Crippen LogP contribution in [0.5, 0.6) is 0 Å². The molecule has 0 saturated heterocycles. The lowest BCUT2D eigenvalue weighted by atomic mass is 10.1. The molecule has 32 heavy (non-hydrogen) atoms. The molecular formula is C27H61N4P. The first-order valence-electron chi connectivity index (χ1n) is 14.2.